The molecule has 1 amide bonds. The predicted molar refractivity (Wildman–Crippen MR) is 101 cm³/mol. The van der Waals surface area contributed by atoms with Gasteiger partial charge in [0.15, 0.2) is 0 Å². The summed E-state index contributed by atoms with van der Waals surface area (Å²) in [7, 11) is 1.94. The van der Waals surface area contributed by atoms with Gasteiger partial charge in [-0.05, 0) is 17.7 Å². The van der Waals surface area contributed by atoms with Crippen LogP contribution in [0.15, 0.2) is 42.9 Å². The molecule has 0 bridgehead atoms. The van der Waals surface area contributed by atoms with Crippen molar-refractivity contribution in [3.8, 4) is 0 Å². The lowest BCUT2D eigenvalue weighted by molar-refractivity contribution is 0.0625. The second kappa shape index (κ2) is 7.58. The normalized spacial score (nSPS) is 17.3. The molecule has 0 saturated carbocycles. The average Bonchev–Trinajstić information content (AvgIpc) is 3.32. The SMILES string of the molecule is Cn1ccnc1C1CNCCN1C(=O)c1cnc(Cc2ccc(F)cc2)s1. The summed E-state index contributed by atoms with van der Waals surface area (Å²) in [6.07, 6.45) is 5.87. The minimum absolute atomic E-state index is 0.0210. The summed E-state index contributed by atoms with van der Waals surface area (Å²) in [6, 6.07) is 6.26. The first-order valence-corrected chi connectivity index (χ1v) is 9.61. The molecule has 6 nitrogen and oxygen atoms in total. The van der Waals surface area contributed by atoms with Crippen molar-refractivity contribution in [1.82, 2.24) is 24.8 Å². The lowest BCUT2D eigenvalue weighted by atomic mass is 10.1. The van der Waals surface area contributed by atoms with E-state index < -0.39 is 0 Å². The van der Waals surface area contributed by atoms with Crippen LogP contribution in [0.1, 0.15) is 32.1 Å². The monoisotopic (exact) mass is 385 g/mol. The summed E-state index contributed by atoms with van der Waals surface area (Å²) in [5.74, 6) is 0.590. The molecule has 27 heavy (non-hydrogen) atoms. The van der Waals surface area contributed by atoms with Gasteiger partial charge in [-0.1, -0.05) is 12.1 Å². The second-order valence-electron chi connectivity index (χ2n) is 6.54. The van der Waals surface area contributed by atoms with Crippen LogP contribution >= 0.6 is 11.3 Å². The number of piperazine rings is 1. The van der Waals surface area contributed by atoms with Crippen LogP contribution < -0.4 is 5.32 Å². The van der Waals surface area contributed by atoms with Gasteiger partial charge in [0.25, 0.3) is 5.91 Å². The van der Waals surface area contributed by atoms with Crippen molar-refractivity contribution >= 4 is 17.2 Å². The number of carbonyl (C=O) groups excluding carboxylic acids is 1. The zero-order chi connectivity index (χ0) is 18.8. The first kappa shape index (κ1) is 17.8. The summed E-state index contributed by atoms with van der Waals surface area (Å²) in [6.45, 7) is 2.06. The molecule has 1 saturated heterocycles. The number of thiazole rings is 1. The second-order valence-corrected chi connectivity index (χ2v) is 7.65. The number of imidazole rings is 1. The molecule has 1 aliphatic heterocycles. The van der Waals surface area contributed by atoms with E-state index in [1.54, 1.807) is 24.5 Å². The third-order valence-electron chi connectivity index (χ3n) is 4.69. The van der Waals surface area contributed by atoms with E-state index >= 15 is 0 Å². The summed E-state index contributed by atoms with van der Waals surface area (Å²) >= 11 is 1.39. The number of aryl methyl sites for hydroxylation is 1. The molecule has 4 rings (SSSR count). The van der Waals surface area contributed by atoms with Crippen LogP contribution in [0.2, 0.25) is 0 Å². The first-order valence-electron chi connectivity index (χ1n) is 8.80. The Morgan fingerprint density at radius 1 is 1.33 bits per heavy atom. The lowest BCUT2D eigenvalue weighted by Gasteiger charge is -2.35. The van der Waals surface area contributed by atoms with Crippen molar-refractivity contribution in [2.75, 3.05) is 19.6 Å². The van der Waals surface area contributed by atoms with E-state index in [1.807, 2.05) is 22.7 Å². The standard InChI is InChI=1S/C19H20FN5OS/c1-24-8-7-22-18(24)15-11-21-6-9-25(15)19(26)16-12-23-17(27-16)10-13-2-4-14(20)5-3-13/h2-5,7-8,12,15,21H,6,9-11H2,1H3. The fourth-order valence-electron chi connectivity index (χ4n) is 3.29. The Hall–Kier alpha value is -2.58. The quantitative estimate of drug-likeness (QED) is 0.749. The van der Waals surface area contributed by atoms with E-state index in [1.165, 1.54) is 23.5 Å². The molecule has 0 radical (unpaired) electrons. The van der Waals surface area contributed by atoms with E-state index in [4.69, 9.17) is 0 Å². The largest absolute Gasteiger partial charge is 0.336 e. The molecule has 8 heteroatoms. The molecule has 1 fully saturated rings. The number of hydrogen-bond acceptors (Lipinski definition) is 5. The van der Waals surface area contributed by atoms with E-state index in [0.717, 1.165) is 22.9 Å². The molecular formula is C19H20FN5OS. The number of benzene rings is 1. The third kappa shape index (κ3) is 3.77. The molecular weight excluding hydrogens is 365 g/mol. The number of amides is 1. The van der Waals surface area contributed by atoms with Crippen LogP contribution in [0.25, 0.3) is 0 Å². The van der Waals surface area contributed by atoms with Gasteiger partial charge < -0.3 is 14.8 Å². The summed E-state index contributed by atoms with van der Waals surface area (Å²) in [4.78, 5) is 24.4. The van der Waals surface area contributed by atoms with E-state index in [2.05, 4.69) is 15.3 Å². The molecule has 3 heterocycles. The molecule has 1 unspecified atom stereocenters. The highest BCUT2D eigenvalue weighted by Crippen LogP contribution is 2.25. The molecule has 3 aromatic rings. The first-order chi connectivity index (χ1) is 13.1. The maximum atomic E-state index is 13.1. The Morgan fingerprint density at radius 3 is 2.89 bits per heavy atom. The van der Waals surface area contributed by atoms with Crippen molar-refractivity contribution < 1.29 is 9.18 Å². The van der Waals surface area contributed by atoms with Crippen molar-refractivity contribution in [2.45, 2.75) is 12.5 Å². The Kier molecular flexibility index (Phi) is 5.00. The Balaban J connectivity index is 1.52. The van der Waals surface area contributed by atoms with Gasteiger partial charge in [-0.15, -0.1) is 11.3 Å². The number of rotatable bonds is 4. The molecule has 1 aromatic carbocycles. The molecule has 1 aliphatic rings. The van der Waals surface area contributed by atoms with E-state index in [0.29, 0.717) is 24.4 Å². The van der Waals surface area contributed by atoms with Crippen LogP contribution in [0, 0.1) is 5.82 Å². The number of carbonyl (C=O) groups is 1. The van der Waals surface area contributed by atoms with Crippen molar-refractivity contribution in [2.24, 2.45) is 7.05 Å². The smallest absolute Gasteiger partial charge is 0.266 e. The summed E-state index contributed by atoms with van der Waals surface area (Å²) in [5, 5.41) is 4.18. The van der Waals surface area contributed by atoms with Crippen molar-refractivity contribution in [3.63, 3.8) is 0 Å². The minimum atomic E-state index is -0.257. The fraction of sp³-hybridized carbons (Fsp3) is 0.316. The van der Waals surface area contributed by atoms with E-state index in [-0.39, 0.29) is 17.8 Å². The summed E-state index contributed by atoms with van der Waals surface area (Å²) < 4.78 is 15.0. The maximum Gasteiger partial charge on any atom is 0.266 e. The number of aromatic nitrogens is 3. The Bertz CT molecular complexity index is 936. The van der Waals surface area contributed by atoms with Gasteiger partial charge in [-0.3, -0.25) is 4.79 Å². The minimum Gasteiger partial charge on any atom is -0.336 e. The van der Waals surface area contributed by atoms with Crippen molar-refractivity contribution in [3.05, 3.63) is 69.9 Å². The van der Waals surface area contributed by atoms with Crippen LogP contribution in [0.5, 0.6) is 0 Å². The zero-order valence-electron chi connectivity index (χ0n) is 14.9. The van der Waals surface area contributed by atoms with Gasteiger partial charge in [-0.2, -0.15) is 0 Å². The molecule has 2 aromatic heterocycles. The van der Waals surface area contributed by atoms with Gasteiger partial charge in [0, 0.05) is 45.5 Å². The maximum absolute atomic E-state index is 13.1. The fourth-order valence-corrected chi connectivity index (χ4v) is 4.19. The van der Waals surface area contributed by atoms with Crippen LogP contribution in [0.4, 0.5) is 4.39 Å². The van der Waals surface area contributed by atoms with Crippen molar-refractivity contribution in [1.29, 1.82) is 0 Å². The number of halogens is 1. The third-order valence-corrected chi connectivity index (χ3v) is 5.68. The Labute approximate surface area is 160 Å². The van der Waals surface area contributed by atoms with Crippen LogP contribution in [-0.4, -0.2) is 45.0 Å². The van der Waals surface area contributed by atoms with Gasteiger partial charge in [0.2, 0.25) is 0 Å². The number of hydrogen-bond donors (Lipinski definition) is 1. The van der Waals surface area contributed by atoms with Gasteiger partial charge in [0.05, 0.1) is 11.2 Å². The van der Waals surface area contributed by atoms with Gasteiger partial charge in [0.1, 0.15) is 22.6 Å². The predicted octanol–water partition coefficient (Wildman–Crippen LogP) is 2.39. The zero-order valence-corrected chi connectivity index (χ0v) is 15.7. The number of nitrogens with zero attached hydrogens (tertiary/aromatic N) is 4. The van der Waals surface area contributed by atoms with Gasteiger partial charge >= 0.3 is 0 Å². The molecule has 1 N–H and O–H groups in total. The molecule has 0 spiro atoms. The highest BCUT2D eigenvalue weighted by Gasteiger charge is 2.31. The molecule has 140 valence electrons. The van der Waals surface area contributed by atoms with Gasteiger partial charge in [-0.25, -0.2) is 14.4 Å². The highest BCUT2D eigenvalue weighted by molar-refractivity contribution is 7.13. The number of nitrogens with one attached hydrogen (secondary N) is 1. The van der Waals surface area contributed by atoms with E-state index in [9.17, 15) is 9.18 Å². The molecule has 0 aliphatic carbocycles. The lowest BCUT2D eigenvalue weighted by Crippen LogP contribution is -2.49. The summed E-state index contributed by atoms with van der Waals surface area (Å²) in [5.41, 5.74) is 0.970. The van der Waals surface area contributed by atoms with Crippen LogP contribution in [0.3, 0.4) is 0 Å². The average molecular weight is 385 g/mol. The molecule has 1 atom stereocenters. The Morgan fingerprint density at radius 2 is 2.15 bits per heavy atom. The van der Waals surface area contributed by atoms with Crippen LogP contribution in [-0.2, 0) is 13.5 Å². The highest BCUT2D eigenvalue weighted by atomic mass is 32.1. The topological polar surface area (TPSA) is 63.1 Å².